The average Bonchev–Trinajstić information content (AvgIpc) is 3.96. The van der Waals surface area contributed by atoms with Crippen LogP contribution in [-0.2, 0) is 0 Å². The fourth-order valence-corrected chi connectivity index (χ4v) is 10.2. The van der Waals surface area contributed by atoms with E-state index < -0.39 is 0 Å². The van der Waals surface area contributed by atoms with Crippen molar-refractivity contribution in [2.24, 2.45) is 0 Å². The SMILES string of the molecule is [C-]#[N+]c1cccc(-c2ccc3c4ccc(-c5cccc(C#N)c5)cc4n(-c4cc(C#N)cc(-n5c6cc(-c7cccc(C#N)c7)ccc6c6ccc(-c7cccc([N+]#[C-])c7)cc65)c4-c4ccncc4)c3c2)c1. The molecule has 0 aliphatic rings. The molecule has 0 saturated heterocycles. The van der Waals surface area contributed by atoms with Crippen LogP contribution in [0.15, 0.2) is 207 Å². The van der Waals surface area contributed by atoms with Gasteiger partial charge in [0.15, 0.2) is 11.4 Å². The predicted molar refractivity (Wildman–Crippen MR) is 287 cm³/mol. The van der Waals surface area contributed by atoms with Gasteiger partial charge in [-0.15, -0.1) is 0 Å². The Labute approximate surface area is 414 Å². The van der Waals surface area contributed by atoms with Crippen LogP contribution in [0.2, 0.25) is 0 Å². The van der Waals surface area contributed by atoms with E-state index in [1.165, 1.54) is 0 Å². The summed E-state index contributed by atoms with van der Waals surface area (Å²) in [5, 5.41) is 35.0. The highest BCUT2D eigenvalue weighted by molar-refractivity contribution is 6.14. The molecule has 330 valence electrons. The Bertz CT molecular complexity index is 3970. The average molecular weight is 915 g/mol. The molecule has 0 atom stereocenters. The lowest BCUT2D eigenvalue weighted by Crippen LogP contribution is -2.05. The monoisotopic (exact) mass is 914 g/mol. The van der Waals surface area contributed by atoms with Crippen molar-refractivity contribution >= 4 is 55.0 Å². The van der Waals surface area contributed by atoms with E-state index in [1.807, 2.05) is 97.1 Å². The van der Waals surface area contributed by atoms with Crippen molar-refractivity contribution in [2.45, 2.75) is 0 Å². The largest absolute Gasteiger partial charge is 0.308 e. The molecule has 0 aliphatic heterocycles. The van der Waals surface area contributed by atoms with Crippen LogP contribution >= 0.6 is 0 Å². The maximum absolute atomic E-state index is 11.2. The van der Waals surface area contributed by atoms with Crippen molar-refractivity contribution in [3.05, 3.63) is 246 Å². The zero-order valence-corrected chi connectivity index (χ0v) is 38.2. The molecule has 0 amide bonds. The number of pyridine rings is 1. The second kappa shape index (κ2) is 17.4. The molecule has 0 N–H and O–H groups in total. The van der Waals surface area contributed by atoms with Crippen LogP contribution in [0.25, 0.3) is 120 Å². The Balaban J connectivity index is 1.24. The van der Waals surface area contributed by atoms with E-state index in [0.29, 0.717) is 28.1 Å². The summed E-state index contributed by atoms with van der Waals surface area (Å²) < 4.78 is 4.50. The second-order valence-corrected chi connectivity index (χ2v) is 17.5. The first-order valence-electron chi connectivity index (χ1n) is 23.1. The fourth-order valence-electron chi connectivity index (χ4n) is 10.2. The molecule has 0 bridgehead atoms. The molecular formula is C64H34N8. The predicted octanol–water partition coefficient (Wildman–Crippen LogP) is 16.3. The van der Waals surface area contributed by atoms with Crippen molar-refractivity contribution in [3.8, 4) is 85.2 Å². The lowest BCUT2D eigenvalue weighted by Gasteiger charge is -2.21. The van der Waals surface area contributed by atoms with Crippen LogP contribution in [0.5, 0.6) is 0 Å². The van der Waals surface area contributed by atoms with E-state index in [4.69, 9.17) is 13.1 Å². The third-order valence-corrected chi connectivity index (χ3v) is 13.5. The van der Waals surface area contributed by atoms with Crippen LogP contribution < -0.4 is 0 Å². The molecule has 8 heteroatoms. The maximum Gasteiger partial charge on any atom is 0.187 e. The van der Waals surface area contributed by atoms with Crippen molar-refractivity contribution in [3.63, 3.8) is 0 Å². The molecule has 0 saturated carbocycles. The summed E-state index contributed by atoms with van der Waals surface area (Å²) in [7, 11) is 0. The number of aromatic nitrogens is 3. The smallest absolute Gasteiger partial charge is 0.187 e. The maximum atomic E-state index is 11.2. The molecule has 8 nitrogen and oxygen atoms in total. The van der Waals surface area contributed by atoms with Crippen LogP contribution in [0.3, 0.4) is 0 Å². The first-order chi connectivity index (χ1) is 35.4. The quantitative estimate of drug-likeness (QED) is 0.149. The van der Waals surface area contributed by atoms with Gasteiger partial charge in [-0.2, -0.15) is 15.8 Å². The zero-order valence-electron chi connectivity index (χ0n) is 38.2. The van der Waals surface area contributed by atoms with E-state index in [-0.39, 0.29) is 0 Å². The lowest BCUT2D eigenvalue weighted by molar-refractivity contribution is 1.13. The Hall–Kier alpha value is -10.8. The van der Waals surface area contributed by atoms with Crippen LogP contribution in [0, 0.1) is 47.1 Å². The normalized spacial score (nSPS) is 11.0. The highest BCUT2D eigenvalue weighted by Crippen LogP contribution is 2.45. The first-order valence-corrected chi connectivity index (χ1v) is 23.1. The molecular weight excluding hydrogens is 881 g/mol. The lowest BCUT2D eigenvalue weighted by atomic mass is 9.98. The fraction of sp³-hybridized carbons (Fsp3) is 0. The minimum atomic E-state index is 0.431. The summed E-state index contributed by atoms with van der Waals surface area (Å²) in [6.45, 7) is 15.6. The molecule has 72 heavy (non-hydrogen) atoms. The molecule has 9 aromatic carbocycles. The molecule has 0 fully saturated rings. The van der Waals surface area contributed by atoms with Crippen molar-refractivity contribution < 1.29 is 0 Å². The van der Waals surface area contributed by atoms with Gasteiger partial charge >= 0.3 is 0 Å². The van der Waals surface area contributed by atoms with E-state index >= 15 is 0 Å². The molecule has 3 heterocycles. The van der Waals surface area contributed by atoms with Crippen molar-refractivity contribution in [1.29, 1.82) is 15.8 Å². The number of nitriles is 3. The molecule has 0 unspecified atom stereocenters. The minimum Gasteiger partial charge on any atom is -0.308 e. The number of rotatable bonds is 7. The van der Waals surface area contributed by atoms with Gasteiger partial charge in [-0.05, 0) is 135 Å². The van der Waals surface area contributed by atoms with E-state index in [0.717, 1.165) is 111 Å². The van der Waals surface area contributed by atoms with Gasteiger partial charge in [0.2, 0.25) is 0 Å². The topological polar surface area (TPSA) is 103 Å². The van der Waals surface area contributed by atoms with Crippen LogP contribution in [0.1, 0.15) is 16.7 Å². The Morgan fingerprint density at radius 1 is 0.347 bits per heavy atom. The van der Waals surface area contributed by atoms with Gasteiger partial charge in [0, 0.05) is 39.5 Å². The van der Waals surface area contributed by atoms with Gasteiger partial charge < -0.3 is 9.13 Å². The van der Waals surface area contributed by atoms with Gasteiger partial charge in [0.05, 0.1) is 81.5 Å². The van der Waals surface area contributed by atoms with Gasteiger partial charge in [-0.25, -0.2) is 9.69 Å². The summed E-state index contributed by atoms with van der Waals surface area (Å²) >= 11 is 0. The molecule has 12 rings (SSSR count). The molecule has 0 aliphatic carbocycles. The Kier molecular flexibility index (Phi) is 10.3. The Morgan fingerprint density at radius 2 is 0.694 bits per heavy atom. The standard InChI is InChI=1S/C64H34N8/c1-68-52-13-5-11-46(31-52)50-17-21-56-54-19-15-48(44-9-3-7-40(27-44)37-65)33-58(54)71(60(56)35-50)62-29-42(39-67)30-63(64(62)43-23-25-70-26-24-43)72-59-34-49(45-10-4-8-41(28-45)38-66)16-20-55(59)57-22-18-51(36-61(57)72)47-12-6-14-53(32-47)69-2/h3-36H. The highest BCUT2D eigenvalue weighted by Gasteiger charge is 2.25. The number of nitrogens with zero attached hydrogens (tertiary/aromatic N) is 8. The molecule has 0 radical (unpaired) electrons. The first kappa shape index (κ1) is 42.5. The second-order valence-electron chi connectivity index (χ2n) is 17.5. The number of benzene rings is 9. The van der Waals surface area contributed by atoms with E-state index in [1.54, 1.807) is 36.7 Å². The van der Waals surface area contributed by atoms with E-state index in [9.17, 15) is 15.8 Å². The number of fused-ring (bicyclic) bond motifs is 6. The van der Waals surface area contributed by atoms with Crippen LogP contribution in [0.4, 0.5) is 11.4 Å². The van der Waals surface area contributed by atoms with Gasteiger partial charge in [-0.3, -0.25) is 4.98 Å². The van der Waals surface area contributed by atoms with Crippen molar-refractivity contribution in [1.82, 2.24) is 14.1 Å². The summed E-state index contributed by atoms with van der Waals surface area (Å²) in [4.78, 5) is 11.9. The zero-order chi connectivity index (χ0) is 48.9. The summed E-state index contributed by atoms with van der Waals surface area (Å²) in [6.07, 6.45) is 3.56. The summed E-state index contributed by atoms with van der Waals surface area (Å²) in [5.74, 6) is 0. The molecule has 3 aromatic heterocycles. The summed E-state index contributed by atoms with van der Waals surface area (Å²) in [6, 6.07) is 71.0. The summed E-state index contributed by atoms with van der Waals surface area (Å²) in [5.41, 5.74) is 16.6. The third kappa shape index (κ3) is 7.17. The number of hydrogen-bond acceptors (Lipinski definition) is 4. The molecule has 0 spiro atoms. The Morgan fingerprint density at radius 3 is 1.06 bits per heavy atom. The van der Waals surface area contributed by atoms with Gasteiger partial charge in [0.1, 0.15) is 0 Å². The van der Waals surface area contributed by atoms with Gasteiger partial charge in [-0.1, -0.05) is 109 Å². The molecule has 12 aromatic rings. The van der Waals surface area contributed by atoms with Gasteiger partial charge in [0.25, 0.3) is 0 Å². The van der Waals surface area contributed by atoms with Crippen molar-refractivity contribution in [2.75, 3.05) is 0 Å². The van der Waals surface area contributed by atoms with E-state index in [2.05, 4.69) is 115 Å². The highest BCUT2D eigenvalue weighted by atomic mass is 15.0. The third-order valence-electron chi connectivity index (χ3n) is 13.5. The van der Waals surface area contributed by atoms with Crippen LogP contribution in [-0.4, -0.2) is 14.1 Å². The number of hydrogen-bond donors (Lipinski definition) is 0. The minimum absolute atomic E-state index is 0.431.